The van der Waals surface area contributed by atoms with E-state index in [9.17, 15) is 0 Å². The van der Waals surface area contributed by atoms with Gasteiger partial charge < -0.3 is 9.64 Å². The van der Waals surface area contributed by atoms with Crippen LogP contribution in [0, 0.1) is 0 Å². The number of benzene rings is 1. The first-order valence-corrected chi connectivity index (χ1v) is 7.76. The van der Waals surface area contributed by atoms with Crippen molar-refractivity contribution in [3.63, 3.8) is 0 Å². The molecule has 118 valence electrons. The molecule has 0 atom stereocenters. The lowest BCUT2D eigenvalue weighted by atomic mass is 10.1. The summed E-state index contributed by atoms with van der Waals surface area (Å²) >= 11 is 0. The van der Waals surface area contributed by atoms with Crippen LogP contribution >= 0.6 is 0 Å². The van der Waals surface area contributed by atoms with Crippen molar-refractivity contribution in [3.05, 3.63) is 47.3 Å². The highest BCUT2D eigenvalue weighted by atomic mass is 16.5. The van der Waals surface area contributed by atoms with Gasteiger partial charge in [0.15, 0.2) is 0 Å². The summed E-state index contributed by atoms with van der Waals surface area (Å²) in [6.07, 6.45) is 8.53. The van der Waals surface area contributed by atoms with E-state index in [2.05, 4.69) is 41.2 Å². The average molecular weight is 299 g/mol. The quantitative estimate of drug-likeness (QED) is 0.805. The molecule has 1 aromatic heterocycles. The molecule has 22 heavy (non-hydrogen) atoms. The molecular formula is C18H25N3O. The molecule has 2 aromatic rings. The Labute approximate surface area is 132 Å². The van der Waals surface area contributed by atoms with Gasteiger partial charge in [-0.25, -0.2) is 0 Å². The van der Waals surface area contributed by atoms with E-state index >= 15 is 0 Å². The standard InChI is InChI=1S/C18H25N3O/c1-4-5-12-21(2)14-16-13-19-20-18(16)11-8-15-6-9-17(22-3)10-7-15/h6-11,13H,4-5,12,14H2,1-3H3,(H,19,20)/b11-8+. The molecular weight excluding hydrogens is 274 g/mol. The van der Waals surface area contributed by atoms with Crippen LogP contribution < -0.4 is 4.74 Å². The molecule has 1 N–H and O–H groups in total. The smallest absolute Gasteiger partial charge is 0.118 e. The van der Waals surface area contributed by atoms with Gasteiger partial charge in [-0.1, -0.05) is 31.6 Å². The van der Waals surface area contributed by atoms with Crippen molar-refractivity contribution in [2.75, 3.05) is 20.7 Å². The van der Waals surface area contributed by atoms with Gasteiger partial charge in [0.2, 0.25) is 0 Å². The molecule has 0 radical (unpaired) electrons. The monoisotopic (exact) mass is 299 g/mol. The minimum absolute atomic E-state index is 0.872. The number of methoxy groups -OCH3 is 1. The van der Waals surface area contributed by atoms with Crippen molar-refractivity contribution in [2.24, 2.45) is 0 Å². The van der Waals surface area contributed by atoms with Crippen LogP contribution in [0.25, 0.3) is 12.2 Å². The van der Waals surface area contributed by atoms with E-state index in [1.807, 2.05) is 30.5 Å². The Morgan fingerprint density at radius 1 is 1.23 bits per heavy atom. The SMILES string of the molecule is CCCCN(C)Cc1cn[nH]c1/C=C/c1ccc(OC)cc1. The summed E-state index contributed by atoms with van der Waals surface area (Å²) in [4.78, 5) is 2.33. The second-order valence-electron chi connectivity index (χ2n) is 5.51. The van der Waals surface area contributed by atoms with Gasteiger partial charge in [-0.2, -0.15) is 5.10 Å². The molecule has 0 bridgehead atoms. The predicted molar refractivity (Wildman–Crippen MR) is 91.8 cm³/mol. The van der Waals surface area contributed by atoms with E-state index in [4.69, 9.17) is 4.74 Å². The number of aromatic nitrogens is 2. The number of hydrogen-bond donors (Lipinski definition) is 1. The molecule has 0 saturated carbocycles. The van der Waals surface area contributed by atoms with Gasteiger partial charge in [0.25, 0.3) is 0 Å². The highest BCUT2D eigenvalue weighted by Gasteiger charge is 2.05. The van der Waals surface area contributed by atoms with Crippen molar-refractivity contribution >= 4 is 12.2 Å². The molecule has 0 saturated heterocycles. The third kappa shape index (κ3) is 4.74. The minimum Gasteiger partial charge on any atom is -0.497 e. The van der Waals surface area contributed by atoms with Gasteiger partial charge in [0.05, 0.1) is 19.0 Å². The summed E-state index contributed by atoms with van der Waals surface area (Å²) < 4.78 is 5.17. The van der Waals surface area contributed by atoms with Crippen LogP contribution in [0.4, 0.5) is 0 Å². The van der Waals surface area contributed by atoms with Crippen molar-refractivity contribution in [3.8, 4) is 5.75 Å². The number of rotatable bonds is 8. The van der Waals surface area contributed by atoms with Crippen molar-refractivity contribution in [2.45, 2.75) is 26.3 Å². The Bertz CT molecular complexity index is 587. The van der Waals surface area contributed by atoms with Crippen molar-refractivity contribution in [1.29, 1.82) is 0 Å². The number of nitrogens with one attached hydrogen (secondary N) is 1. The lowest BCUT2D eigenvalue weighted by Crippen LogP contribution is -2.19. The van der Waals surface area contributed by atoms with Crippen LogP contribution in [0.5, 0.6) is 5.75 Å². The molecule has 0 amide bonds. The first kappa shape index (κ1) is 16.3. The van der Waals surface area contributed by atoms with Crippen LogP contribution in [0.1, 0.15) is 36.6 Å². The summed E-state index contributed by atoms with van der Waals surface area (Å²) in [5.74, 6) is 0.872. The molecule has 0 aliphatic carbocycles. The van der Waals surface area contributed by atoms with Gasteiger partial charge in [-0.15, -0.1) is 0 Å². The zero-order valence-electron chi connectivity index (χ0n) is 13.7. The van der Waals surface area contributed by atoms with Gasteiger partial charge in [-0.05, 0) is 43.8 Å². The second-order valence-corrected chi connectivity index (χ2v) is 5.51. The number of H-pyrrole nitrogens is 1. The normalized spacial score (nSPS) is 11.5. The zero-order valence-corrected chi connectivity index (χ0v) is 13.7. The van der Waals surface area contributed by atoms with E-state index in [1.165, 1.54) is 18.4 Å². The fourth-order valence-corrected chi connectivity index (χ4v) is 2.28. The largest absolute Gasteiger partial charge is 0.497 e. The Hall–Kier alpha value is -2.07. The Kier molecular flexibility index (Phi) is 6.22. The van der Waals surface area contributed by atoms with Crippen LogP contribution in [-0.2, 0) is 6.54 Å². The number of hydrogen-bond acceptors (Lipinski definition) is 3. The van der Waals surface area contributed by atoms with Crippen LogP contribution in [0.15, 0.2) is 30.5 Å². The molecule has 2 rings (SSSR count). The number of unbranched alkanes of at least 4 members (excludes halogenated alkanes) is 1. The van der Waals surface area contributed by atoms with Gasteiger partial charge in [0, 0.05) is 12.1 Å². The fourth-order valence-electron chi connectivity index (χ4n) is 2.28. The topological polar surface area (TPSA) is 41.2 Å². The first-order chi connectivity index (χ1) is 10.7. The molecule has 4 nitrogen and oxygen atoms in total. The van der Waals surface area contributed by atoms with Crippen molar-refractivity contribution < 1.29 is 4.74 Å². The van der Waals surface area contributed by atoms with E-state index in [-0.39, 0.29) is 0 Å². The number of ether oxygens (including phenoxy) is 1. The summed E-state index contributed by atoms with van der Waals surface area (Å²) in [7, 11) is 3.83. The second kappa shape index (κ2) is 8.39. The van der Waals surface area contributed by atoms with Crippen molar-refractivity contribution in [1.82, 2.24) is 15.1 Å². The van der Waals surface area contributed by atoms with E-state index in [1.54, 1.807) is 7.11 Å². The molecule has 0 aliphatic heterocycles. The highest BCUT2D eigenvalue weighted by Crippen LogP contribution is 2.15. The lowest BCUT2D eigenvalue weighted by Gasteiger charge is -2.15. The molecule has 4 heteroatoms. The lowest BCUT2D eigenvalue weighted by molar-refractivity contribution is 0.320. The maximum atomic E-state index is 5.17. The third-order valence-electron chi connectivity index (χ3n) is 3.64. The summed E-state index contributed by atoms with van der Waals surface area (Å²) in [6.45, 7) is 4.25. The van der Waals surface area contributed by atoms with Gasteiger partial charge >= 0.3 is 0 Å². The molecule has 0 fully saturated rings. The maximum Gasteiger partial charge on any atom is 0.118 e. The number of nitrogens with zero attached hydrogens (tertiary/aromatic N) is 2. The Morgan fingerprint density at radius 2 is 2.00 bits per heavy atom. The summed E-state index contributed by atoms with van der Waals surface area (Å²) in [6, 6.07) is 8.01. The van der Waals surface area contributed by atoms with Gasteiger partial charge in [-0.3, -0.25) is 5.10 Å². The van der Waals surface area contributed by atoms with E-state index in [0.717, 1.165) is 30.1 Å². The summed E-state index contributed by atoms with van der Waals surface area (Å²) in [5, 5.41) is 7.24. The predicted octanol–water partition coefficient (Wildman–Crippen LogP) is 3.82. The van der Waals surface area contributed by atoms with Crippen LogP contribution in [0.2, 0.25) is 0 Å². The molecule has 0 spiro atoms. The third-order valence-corrected chi connectivity index (χ3v) is 3.64. The maximum absolute atomic E-state index is 5.17. The van der Waals surface area contributed by atoms with E-state index < -0.39 is 0 Å². The van der Waals surface area contributed by atoms with E-state index in [0.29, 0.717) is 0 Å². The first-order valence-electron chi connectivity index (χ1n) is 7.76. The Morgan fingerprint density at radius 3 is 2.68 bits per heavy atom. The summed E-state index contributed by atoms with van der Waals surface area (Å²) in [5.41, 5.74) is 3.43. The Balaban J connectivity index is 2.00. The van der Waals surface area contributed by atoms with Crippen LogP contribution in [0.3, 0.4) is 0 Å². The minimum atomic E-state index is 0.872. The fraction of sp³-hybridized carbons (Fsp3) is 0.389. The number of aromatic amines is 1. The van der Waals surface area contributed by atoms with Crippen LogP contribution in [-0.4, -0.2) is 35.8 Å². The molecule has 1 aromatic carbocycles. The molecule has 0 unspecified atom stereocenters. The average Bonchev–Trinajstić information content (AvgIpc) is 2.98. The highest BCUT2D eigenvalue weighted by molar-refractivity contribution is 5.69. The van der Waals surface area contributed by atoms with Gasteiger partial charge in [0.1, 0.15) is 5.75 Å². The molecule has 0 aliphatic rings. The molecule has 1 heterocycles. The zero-order chi connectivity index (χ0) is 15.8.